The Labute approximate surface area is 299 Å². The summed E-state index contributed by atoms with van der Waals surface area (Å²) < 4.78 is 22.8. The molecule has 4 N–H and O–H groups in total. The standard InChI is InChI=1S/C38H39FN8O5/c39-31-18-29(37(48)49)30(38(50)51)19-32(31)46-20-26(21-46)45-16-14-44(15-17-45)24-8-10-25(11-9-24)47-36-33(35(40)41-22-42-36)34(43-47)23-6-12-28(13-7-23)52-27-4-2-1-3-5-27/h1-7,12-13,18-19,22,24-26H,8-11,14-17,20-21H2,(H,48,49)(H,50,51)(H2,40,41,42). The quantitative estimate of drug-likeness (QED) is 0.179. The number of hydrogen-bond donors (Lipinski definition) is 3. The SMILES string of the molecule is Nc1ncnc2c1c(-c1ccc(Oc3ccccc3)cc1)nn2C1CCC(N2CCN(C3CN(c4cc(C(=O)O)c(C(=O)O)cc4F)C3)CC2)CC1. The molecule has 0 unspecified atom stereocenters. The smallest absolute Gasteiger partial charge is 0.336 e. The number of hydrogen-bond acceptors (Lipinski definition) is 10. The Kier molecular flexibility index (Phi) is 8.93. The third-order valence-electron chi connectivity index (χ3n) is 10.8. The largest absolute Gasteiger partial charge is 0.478 e. The average molecular weight is 707 g/mol. The van der Waals surface area contributed by atoms with Gasteiger partial charge in [0.05, 0.1) is 28.2 Å². The highest BCUT2D eigenvalue weighted by Crippen LogP contribution is 2.38. The van der Waals surface area contributed by atoms with Gasteiger partial charge in [-0.3, -0.25) is 9.80 Å². The molecule has 4 heterocycles. The number of piperazine rings is 1. The van der Waals surface area contributed by atoms with Crippen molar-refractivity contribution in [3.63, 3.8) is 0 Å². The van der Waals surface area contributed by atoms with Gasteiger partial charge >= 0.3 is 11.9 Å². The van der Waals surface area contributed by atoms with Crippen LogP contribution in [0, 0.1) is 5.82 Å². The van der Waals surface area contributed by atoms with Crippen LogP contribution in [-0.4, -0.2) is 103 Å². The molecular formula is C38H39FN8O5. The number of ether oxygens (including phenoxy) is 1. The van der Waals surface area contributed by atoms with Crippen LogP contribution in [0.2, 0.25) is 0 Å². The lowest BCUT2D eigenvalue weighted by molar-refractivity contribution is 0.0437. The zero-order valence-corrected chi connectivity index (χ0v) is 28.4. The second kappa shape index (κ2) is 13.8. The minimum Gasteiger partial charge on any atom is -0.478 e. The Morgan fingerprint density at radius 2 is 1.37 bits per heavy atom. The van der Waals surface area contributed by atoms with Gasteiger partial charge in [0.15, 0.2) is 5.65 Å². The molecule has 1 aliphatic carbocycles. The van der Waals surface area contributed by atoms with Crippen molar-refractivity contribution in [1.29, 1.82) is 0 Å². The second-order valence-corrected chi connectivity index (χ2v) is 13.7. The Morgan fingerprint density at radius 3 is 2.02 bits per heavy atom. The number of aromatic carboxylic acids is 2. The molecule has 52 heavy (non-hydrogen) atoms. The van der Waals surface area contributed by atoms with E-state index in [1.807, 2.05) is 59.3 Å². The molecule has 3 fully saturated rings. The van der Waals surface area contributed by atoms with E-state index in [1.54, 1.807) is 4.90 Å². The summed E-state index contributed by atoms with van der Waals surface area (Å²) in [5.41, 5.74) is 8.01. The maximum atomic E-state index is 14.8. The van der Waals surface area contributed by atoms with Crippen molar-refractivity contribution < 1.29 is 28.9 Å². The number of nitrogens with zero attached hydrogens (tertiary/aromatic N) is 7. The van der Waals surface area contributed by atoms with Crippen LogP contribution in [0.1, 0.15) is 52.4 Å². The van der Waals surface area contributed by atoms with Crippen molar-refractivity contribution in [2.24, 2.45) is 0 Å². The zero-order chi connectivity index (χ0) is 35.9. The van der Waals surface area contributed by atoms with Gasteiger partial charge in [-0.25, -0.2) is 28.6 Å². The third kappa shape index (κ3) is 6.39. The third-order valence-corrected chi connectivity index (χ3v) is 10.8. The van der Waals surface area contributed by atoms with Gasteiger partial charge in [0.1, 0.15) is 35.2 Å². The second-order valence-electron chi connectivity index (χ2n) is 13.7. The van der Waals surface area contributed by atoms with Crippen molar-refractivity contribution in [2.75, 3.05) is 49.9 Å². The molecule has 1 saturated carbocycles. The Hall–Kier alpha value is -5.60. The molecule has 3 aromatic carbocycles. The summed E-state index contributed by atoms with van der Waals surface area (Å²) in [6, 6.07) is 20.3. The van der Waals surface area contributed by atoms with Crippen molar-refractivity contribution in [1.82, 2.24) is 29.5 Å². The maximum absolute atomic E-state index is 14.8. The highest BCUT2D eigenvalue weighted by molar-refractivity contribution is 6.02. The lowest BCUT2D eigenvalue weighted by Gasteiger charge is -2.50. The number of para-hydroxylation sites is 1. The maximum Gasteiger partial charge on any atom is 0.336 e. The number of anilines is 2. The molecule has 3 aliphatic rings. The lowest BCUT2D eigenvalue weighted by Crippen LogP contribution is -2.64. The normalized spacial score (nSPS) is 20.1. The molecule has 268 valence electrons. The number of nitrogens with two attached hydrogens (primary N) is 1. The van der Waals surface area contributed by atoms with Gasteiger partial charge in [0, 0.05) is 56.9 Å². The summed E-state index contributed by atoms with van der Waals surface area (Å²) in [6.45, 7) is 4.81. The summed E-state index contributed by atoms with van der Waals surface area (Å²) in [5.74, 6) is -1.67. The fraction of sp³-hybridized carbons (Fsp3) is 0.342. The molecule has 0 bridgehead atoms. The molecule has 8 rings (SSSR count). The van der Waals surface area contributed by atoms with Crippen LogP contribution in [0.15, 0.2) is 73.1 Å². The number of carboxylic acid groups (broad SMARTS) is 2. The van der Waals surface area contributed by atoms with Crippen LogP contribution in [0.25, 0.3) is 22.3 Å². The number of rotatable bonds is 9. The van der Waals surface area contributed by atoms with Crippen LogP contribution < -0.4 is 15.4 Å². The minimum absolute atomic E-state index is 0.131. The first-order valence-electron chi connectivity index (χ1n) is 17.6. The van der Waals surface area contributed by atoms with Gasteiger partial charge in [0.25, 0.3) is 0 Å². The van der Waals surface area contributed by atoms with Crippen LogP contribution in [-0.2, 0) is 0 Å². The van der Waals surface area contributed by atoms with Crippen molar-refractivity contribution in [3.05, 3.63) is 90.0 Å². The lowest BCUT2D eigenvalue weighted by atomic mass is 9.89. The summed E-state index contributed by atoms with van der Waals surface area (Å²) >= 11 is 0. The van der Waals surface area contributed by atoms with Gasteiger partial charge in [-0.2, -0.15) is 5.10 Å². The highest BCUT2D eigenvalue weighted by Gasteiger charge is 2.37. The van der Waals surface area contributed by atoms with Gasteiger partial charge in [-0.05, 0) is 74.2 Å². The monoisotopic (exact) mass is 706 g/mol. The number of carbonyl (C=O) groups is 2. The number of fused-ring (bicyclic) bond motifs is 1. The molecule has 2 saturated heterocycles. The number of nitrogen functional groups attached to an aromatic ring is 1. The van der Waals surface area contributed by atoms with E-state index in [0.717, 1.165) is 97.8 Å². The molecule has 0 radical (unpaired) electrons. The van der Waals surface area contributed by atoms with Crippen LogP contribution in [0.5, 0.6) is 11.5 Å². The van der Waals surface area contributed by atoms with E-state index < -0.39 is 28.9 Å². The fourth-order valence-corrected chi connectivity index (χ4v) is 7.93. The molecule has 0 spiro atoms. The van der Waals surface area contributed by atoms with E-state index in [2.05, 4.69) is 19.8 Å². The van der Waals surface area contributed by atoms with Crippen LogP contribution in [0.3, 0.4) is 0 Å². The van der Waals surface area contributed by atoms with E-state index >= 15 is 0 Å². The Morgan fingerprint density at radius 1 is 0.769 bits per heavy atom. The first kappa shape index (κ1) is 33.5. The fourth-order valence-electron chi connectivity index (χ4n) is 7.93. The van der Waals surface area contributed by atoms with Crippen molar-refractivity contribution in [2.45, 2.75) is 43.8 Å². The van der Waals surface area contributed by atoms with Gasteiger partial charge in [0.2, 0.25) is 0 Å². The molecule has 5 aromatic rings. The van der Waals surface area contributed by atoms with Gasteiger partial charge in [-0.1, -0.05) is 18.2 Å². The number of carboxylic acids is 2. The van der Waals surface area contributed by atoms with E-state index in [4.69, 9.17) is 15.6 Å². The molecule has 2 aliphatic heterocycles. The summed E-state index contributed by atoms with van der Waals surface area (Å²) in [4.78, 5) is 38.7. The highest BCUT2D eigenvalue weighted by atomic mass is 19.1. The molecule has 0 atom stereocenters. The molecule has 14 heteroatoms. The predicted octanol–water partition coefficient (Wildman–Crippen LogP) is 5.39. The van der Waals surface area contributed by atoms with Gasteiger partial charge in [-0.15, -0.1) is 0 Å². The first-order chi connectivity index (χ1) is 25.2. The molecule has 2 aromatic heterocycles. The van der Waals surface area contributed by atoms with Crippen LogP contribution in [0.4, 0.5) is 15.9 Å². The minimum atomic E-state index is -1.47. The molecule has 0 amide bonds. The average Bonchev–Trinajstić information content (AvgIpc) is 3.53. The van der Waals surface area contributed by atoms with Crippen LogP contribution >= 0.6 is 0 Å². The van der Waals surface area contributed by atoms with E-state index in [1.165, 1.54) is 6.33 Å². The van der Waals surface area contributed by atoms with E-state index in [9.17, 15) is 24.2 Å². The van der Waals surface area contributed by atoms with Crippen molar-refractivity contribution >= 4 is 34.5 Å². The predicted molar refractivity (Wildman–Crippen MR) is 192 cm³/mol. The first-order valence-corrected chi connectivity index (χ1v) is 17.6. The summed E-state index contributed by atoms with van der Waals surface area (Å²) in [7, 11) is 0. The molecule has 13 nitrogen and oxygen atoms in total. The Balaban J connectivity index is 0.875. The Bertz CT molecular complexity index is 2110. The number of halogens is 1. The van der Waals surface area contributed by atoms with E-state index in [0.29, 0.717) is 24.9 Å². The van der Waals surface area contributed by atoms with Gasteiger partial charge < -0.3 is 25.6 Å². The number of aromatic nitrogens is 4. The zero-order valence-electron chi connectivity index (χ0n) is 28.4. The number of benzene rings is 3. The summed E-state index contributed by atoms with van der Waals surface area (Å²) in [6.07, 6.45) is 5.53. The van der Waals surface area contributed by atoms with E-state index in [-0.39, 0.29) is 17.8 Å². The molecular weight excluding hydrogens is 667 g/mol. The topological polar surface area (TPSA) is 163 Å². The summed E-state index contributed by atoms with van der Waals surface area (Å²) in [5, 5.41) is 24.6. The van der Waals surface area contributed by atoms with Crippen molar-refractivity contribution in [3.8, 4) is 22.8 Å².